The molecule has 3 rings (SSSR count). The van der Waals surface area contributed by atoms with Gasteiger partial charge in [0.25, 0.3) is 5.92 Å². The summed E-state index contributed by atoms with van der Waals surface area (Å²) in [5, 5.41) is 0.567. The van der Waals surface area contributed by atoms with Crippen LogP contribution in [0.15, 0.2) is 0 Å². The van der Waals surface area contributed by atoms with Crippen molar-refractivity contribution in [2.75, 3.05) is 31.1 Å². The second-order valence-corrected chi connectivity index (χ2v) is 11.7. The Balaban J connectivity index is 0.000000360. The molecular weight excluding hydrogens is 801 g/mol. The molecule has 0 unspecified atom stereocenters. The van der Waals surface area contributed by atoms with E-state index in [4.69, 9.17) is 62.7 Å². The highest BCUT2D eigenvalue weighted by molar-refractivity contribution is 14.1. The molecule has 3 heterocycles. The predicted octanol–water partition coefficient (Wildman–Crippen LogP) is 7.12. The number of carbonyl (C=O) groups excluding carboxylic acids is 1. The Morgan fingerprint density at radius 1 is 0.886 bits per heavy atom. The Morgan fingerprint density at radius 3 is 1.89 bits per heavy atom. The summed E-state index contributed by atoms with van der Waals surface area (Å²) in [4.78, 5) is 30.0. The Labute approximate surface area is 252 Å². The van der Waals surface area contributed by atoms with Gasteiger partial charge in [-0.2, -0.15) is 0 Å². The van der Waals surface area contributed by atoms with Gasteiger partial charge in [-0.05, 0) is 20.8 Å². The lowest BCUT2D eigenvalue weighted by Crippen LogP contribution is -2.44. The highest BCUT2D eigenvalue weighted by Gasteiger charge is 2.41. The van der Waals surface area contributed by atoms with Crippen molar-refractivity contribution < 1.29 is 18.3 Å². The molecule has 0 saturated carbocycles. The minimum absolute atomic E-state index is 0.00333. The van der Waals surface area contributed by atoms with Crippen molar-refractivity contribution in [3.8, 4) is 0 Å². The fourth-order valence-electron chi connectivity index (χ4n) is 2.63. The zero-order valence-electron chi connectivity index (χ0n) is 18.2. The van der Waals surface area contributed by atoms with Gasteiger partial charge in [-0.15, -0.1) is 0 Å². The van der Waals surface area contributed by atoms with Gasteiger partial charge in [-0.1, -0.05) is 58.0 Å². The Morgan fingerprint density at radius 2 is 1.37 bits per heavy atom. The number of rotatable bonds is 1. The van der Waals surface area contributed by atoms with E-state index >= 15 is 0 Å². The molecule has 35 heavy (non-hydrogen) atoms. The van der Waals surface area contributed by atoms with Gasteiger partial charge in [-0.25, -0.2) is 33.5 Å². The summed E-state index contributed by atoms with van der Waals surface area (Å²) in [7, 11) is 0. The summed E-state index contributed by atoms with van der Waals surface area (Å²) in [6.45, 7) is 3.80. The molecule has 0 aromatic carbocycles. The van der Waals surface area contributed by atoms with Crippen molar-refractivity contribution in [3.63, 3.8) is 0 Å². The molecule has 0 bridgehead atoms. The van der Waals surface area contributed by atoms with Crippen molar-refractivity contribution in [3.05, 3.63) is 33.2 Å². The normalized spacial score (nSPS) is 15.8. The summed E-state index contributed by atoms with van der Waals surface area (Å²) >= 11 is 32.4. The van der Waals surface area contributed by atoms with Crippen molar-refractivity contribution in [1.29, 1.82) is 0 Å². The van der Waals surface area contributed by atoms with Crippen LogP contribution in [-0.2, 0) is 4.74 Å². The maximum absolute atomic E-state index is 14.4. The molecule has 0 N–H and O–H groups in total. The molecule has 1 aliphatic heterocycles. The number of halogens is 9. The van der Waals surface area contributed by atoms with E-state index in [1.165, 1.54) is 4.90 Å². The van der Waals surface area contributed by atoms with Crippen LogP contribution in [0.5, 0.6) is 0 Å². The minimum atomic E-state index is -3.17. The van der Waals surface area contributed by atoms with E-state index in [0.717, 1.165) is 4.90 Å². The molecule has 0 atom stereocenters. The number of hydrogen-bond acceptors (Lipinski definition) is 7. The van der Waals surface area contributed by atoms with E-state index < -0.39 is 30.7 Å². The largest absolute Gasteiger partial charge is 0.444 e. The Hall–Kier alpha value is -0.000000000000000500. The summed E-state index contributed by atoms with van der Waals surface area (Å²) in [5.41, 5.74) is -0.766. The lowest BCUT2D eigenvalue weighted by atomic mass is 10.2. The van der Waals surface area contributed by atoms with Crippen LogP contribution in [0.1, 0.15) is 20.8 Å². The van der Waals surface area contributed by atoms with E-state index in [1.807, 2.05) is 45.2 Å². The van der Waals surface area contributed by atoms with E-state index in [-0.39, 0.29) is 44.4 Å². The van der Waals surface area contributed by atoms with Crippen LogP contribution >= 0.6 is 103 Å². The first-order chi connectivity index (χ1) is 16.0. The van der Waals surface area contributed by atoms with Gasteiger partial charge in [0.15, 0.2) is 28.9 Å². The molecule has 1 saturated heterocycles. The third-order valence-electron chi connectivity index (χ3n) is 3.94. The smallest absolute Gasteiger partial charge is 0.410 e. The van der Waals surface area contributed by atoms with Gasteiger partial charge in [-0.3, -0.25) is 0 Å². The lowest BCUT2D eigenvalue weighted by Gasteiger charge is -2.27. The summed E-state index contributed by atoms with van der Waals surface area (Å²) in [6.07, 6.45) is -0.782. The van der Waals surface area contributed by atoms with Crippen LogP contribution in [0.3, 0.4) is 0 Å². The topological polar surface area (TPSA) is 84.3 Å². The van der Waals surface area contributed by atoms with Gasteiger partial charge in [0.05, 0.1) is 13.1 Å². The van der Waals surface area contributed by atoms with Crippen LogP contribution in [0, 0.1) is 7.66 Å². The Kier molecular flexibility index (Phi) is 11.3. The summed E-state index contributed by atoms with van der Waals surface area (Å²) in [6, 6.07) is 0. The maximum Gasteiger partial charge on any atom is 0.410 e. The number of anilines is 1. The van der Waals surface area contributed by atoms with E-state index in [1.54, 1.807) is 20.8 Å². The lowest BCUT2D eigenvalue weighted by molar-refractivity contribution is -0.0285. The predicted molar refractivity (Wildman–Crippen MR) is 150 cm³/mol. The summed E-state index contributed by atoms with van der Waals surface area (Å²) < 4.78 is 34.7. The number of ether oxygens (including phenoxy) is 1. The van der Waals surface area contributed by atoms with Crippen LogP contribution in [0.25, 0.3) is 0 Å². The van der Waals surface area contributed by atoms with Gasteiger partial charge < -0.3 is 14.5 Å². The standard InChI is InChI=1S/C14H17Cl2F2IN4O2.C4Cl3IN2/c1-13(2,3)25-12(24)23-5-4-22(6-14(17,18)7-23)10-8(15)9(16)20-11(19)21-10;5-1-2(6)9-4(8)10-3(1)7/h4-7H2,1-3H3;. The molecule has 8 nitrogen and oxygen atoms in total. The van der Waals surface area contributed by atoms with Gasteiger partial charge in [0, 0.05) is 58.3 Å². The second-order valence-electron chi connectivity index (χ2n) is 7.99. The highest BCUT2D eigenvalue weighted by Crippen LogP contribution is 2.33. The molecule has 17 heteroatoms. The number of amides is 1. The molecule has 194 valence electrons. The van der Waals surface area contributed by atoms with Crippen molar-refractivity contribution in [2.45, 2.75) is 32.3 Å². The number of aromatic nitrogens is 4. The second kappa shape index (κ2) is 12.7. The molecule has 0 spiro atoms. The monoisotopic (exact) mass is 816 g/mol. The number of hydrogen-bond donors (Lipinski definition) is 0. The average Bonchev–Trinajstić information content (AvgIpc) is 2.86. The molecule has 2 aromatic heterocycles. The number of carbonyl (C=O) groups is 1. The molecule has 1 amide bonds. The van der Waals surface area contributed by atoms with Crippen molar-refractivity contribution >= 4 is 115 Å². The maximum atomic E-state index is 14.4. The first kappa shape index (κ1) is 31.2. The molecule has 0 aliphatic carbocycles. The Bertz CT molecular complexity index is 1070. The first-order valence-corrected chi connectivity index (χ1v) is 13.6. The van der Waals surface area contributed by atoms with Crippen LogP contribution in [0.2, 0.25) is 25.5 Å². The van der Waals surface area contributed by atoms with Gasteiger partial charge in [0.1, 0.15) is 15.6 Å². The average molecular weight is 818 g/mol. The van der Waals surface area contributed by atoms with E-state index in [9.17, 15) is 13.6 Å². The van der Waals surface area contributed by atoms with E-state index in [0.29, 0.717) is 7.66 Å². The SMILES string of the molecule is CC(C)(C)OC(=O)N1CCN(c2nc(I)nc(Cl)c2Cl)CC(F)(F)C1.Clc1nc(I)nc(Cl)c1Cl. The molecule has 1 fully saturated rings. The fourth-order valence-corrected chi connectivity index (χ4v) is 4.86. The van der Waals surface area contributed by atoms with Crippen LogP contribution < -0.4 is 4.90 Å². The van der Waals surface area contributed by atoms with Crippen LogP contribution in [-0.4, -0.2) is 68.6 Å². The van der Waals surface area contributed by atoms with Crippen LogP contribution in [0.4, 0.5) is 19.4 Å². The zero-order chi connectivity index (χ0) is 26.7. The molecule has 0 radical (unpaired) electrons. The molecular formula is C18H17Cl5F2I2N6O2. The zero-order valence-corrected chi connectivity index (χ0v) is 26.3. The van der Waals surface area contributed by atoms with Crippen molar-refractivity contribution in [1.82, 2.24) is 24.8 Å². The third-order valence-corrected chi connectivity index (χ3v) is 6.73. The molecule has 2 aromatic rings. The number of alkyl halides is 2. The van der Waals surface area contributed by atoms with Gasteiger partial charge >= 0.3 is 6.09 Å². The van der Waals surface area contributed by atoms with Gasteiger partial charge in [0.2, 0.25) is 0 Å². The van der Waals surface area contributed by atoms with E-state index in [2.05, 4.69) is 19.9 Å². The third kappa shape index (κ3) is 9.67. The fraction of sp³-hybridized carbons (Fsp3) is 0.500. The minimum Gasteiger partial charge on any atom is -0.444 e. The molecule has 1 aliphatic rings. The summed E-state index contributed by atoms with van der Waals surface area (Å²) in [5.74, 6) is -3.05. The number of nitrogens with zero attached hydrogens (tertiary/aromatic N) is 6. The van der Waals surface area contributed by atoms with Crippen molar-refractivity contribution in [2.24, 2.45) is 0 Å². The highest BCUT2D eigenvalue weighted by atomic mass is 127. The first-order valence-electron chi connectivity index (χ1n) is 9.52. The quantitative estimate of drug-likeness (QED) is 0.172.